The Morgan fingerprint density at radius 1 is 1.13 bits per heavy atom. The third-order valence-corrected chi connectivity index (χ3v) is 7.66. The molecule has 0 unspecified atom stereocenters. The summed E-state index contributed by atoms with van der Waals surface area (Å²) < 4.78 is 11.2. The van der Waals surface area contributed by atoms with Gasteiger partial charge in [-0.2, -0.15) is 0 Å². The van der Waals surface area contributed by atoms with Gasteiger partial charge in [0.25, 0.3) is 0 Å². The molecule has 0 aromatic heterocycles. The Labute approximate surface area is 179 Å². The number of rotatable bonds is 5. The number of carbonyl (C=O) groups is 1. The average molecular weight is 414 g/mol. The first-order valence-electron chi connectivity index (χ1n) is 11.8. The van der Waals surface area contributed by atoms with Crippen molar-refractivity contribution in [2.45, 2.75) is 57.0 Å². The Morgan fingerprint density at radius 3 is 2.80 bits per heavy atom. The van der Waals surface area contributed by atoms with Gasteiger partial charge in [0.05, 0.1) is 0 Å². The molecule has 0 aliphatic carbocycles. The number of hydrogen-bond acceptors (Lipinski definition) is 5. The molecule has 0 bridgehead atoms. The predicted molar refractivity (Wildman–Crippen MR) is 117 cm³/mol. The number of hydrogen-bond donors (Lipinski definition) is 1. The molecule has 6 heteroatoms. The van der Waals surface area contributed by atoms with E-state index in [9.17, 15) is 4.79 Å². The van der Waals surface area contributed by atoms with Crippen molar-refractivity contribution >= 4 is 11.6 Å². The Balaban J connectivity index is 1.15. The Hall–Kier alpha value is -1.79. The Kier molecular flexibility index (Phi) is 5.87. The molecule has 30 heavy (non-hydrogen) atoms. The molecule has 0 spiro atoms. The van der Waals surface area contributed by atoms with E-state index in [4.69, 9.17) is 9.47 Å². The summed E-state index contributed by atoms with van der Waals surface area (Å²) in [5.41, 5.74) is 0.784. The van der Waals surface area contributed by atoms with Crippen LogP contribution < -0.4 is 14.8 Å². The minimum absolute atomic E-state index is 0.0888. The van der Waals surface area contributed by atoms with E-state index in [2.05, 4.69) is 22.2 Å². The fraction of sp³-hybridized carbons (Fsp3) is 0.708. The van der Waals surface area contributed by atoms with Crippen LogP contribution in [0.25, 0.3) is 0 Å². The lowest BCUT2D eigenvalue weighted by molar-refractivity contribution is -0.116. The van der Waals surface area contributed by atoms with E-state index in [0.29, 0.717) is 31.4 Å². The normalized spacial score (nSPS) is 31.1. The first-order valence-corrected chi connectivity index (χ1v) is 11.8. The van der Waals surface area contributed by atoms with Gasteiger partial charge < -0.3 is 19.7 Å². The van der Waals surface area contributed by atoms with Gasteiger partial charge in [-0.3, -0.25) is 9.69 Å². The summed E-state index contributed by atoms with van der Waals surface area (Å²) in [6.45, 7) is 4.96. The zero-order valence-electron chi connectivity index (χ0n) is 18.1. The van der Waals surface area contributed by atoms with Crippen molar-refractivity contribution in [1.82, 2.24) is 9.80 Å². The average Bonchev–Trinajstić information content (AvgIpc) is 2.76. The number of ether oxygens (including phenoxy) is 2. The van der Waals surface area contributed by atoms with Gasteiger partial charge in [-0.25, -0.2) is 0 Å². The summed E-state index contributed by atoms with van der Waals surface area (Å²) in [4.78, 5) is 17.9. The van der Waals surface area contributed by atoms with Crippen molar-refractivity contribution < 1.29 is 14.3 Å². The number of benzene rings is 1. The molecule has 1 aromatic carbocycles. The predicted octanol–water partition coefficient (Wildman–Crippen LogP) is 3.37. The van der Waals surface area contributed by atoms with Gasteiger partial charge in [0.2, 0.25) is 5.91 Å². The maximum absolute atomic E-state index is 12.5. The van der Waals surface area contributed by atoms with E-state index in [1.165, 1.54) is 45.3 Å². The van der Waals surface area contributed by atoms with Gasteiger partial charge in [0.1, 0.15) is 13.2 Å². The van der Waals surface area contributed by atoms with Crippen LogP contribution in [0.3, 0.4) is 0 Å². The number of piperidine rings is 3. The molecular formula is C24H35N3O3. The molecule has 1 N–H and O–H groups in total. The van der Waals surface area contributed by atoms with E-state index >= 15 is 0 Å². The summed E-state index contributed by atoms with van der Waals surface area (Å²) in [5.74, 6) is 3.19. The molecule has 4 heterocycles. The van der Waals surface area contributed by atoms with Gasteiger partial charge in [-0.1, -0.05) is 0 Å². The maximum Gasteiger partial charge on any atom is 0.224 e. The number of nitrogens with one attached hydrogen (secondary N) is 1. The lowest BCUT2D eigenvalue weighted by Gasteiger charge is -2.57. The molecule has 3 fully saturated rings. The van der Waals surface area contributed by atoms with Crippen LogP contribution in [0.15, 0.2) is 18.2 Å². The van der Waals surface area contributed by atoms with Crippen molar-refractivity contribution in [3.63, 3.8) is 0 Å². The fourth-order valence-corrected chi connectivity index (χ4v) is 6.46. The quantitative estimate of drug-likeness (QED) is 0.802. The van der Waals surface area contributed by atoms with E-state index in [-0.39, 0.29) is 5.91 Å². The van der Waals surface area contributed by atoms with Crippen molar-refractivity contribution in [2.75, 3.05) is 45.2 Å². The lowest BCUT2D eigenvalue weighted by Crippen LogP contribution is -2.63. The molecular weight excluding hydrogens is 378 g/mol. The topological polar surface area (TPSA) is 54.0 Å². The highest BCUT2D eigenvalue weighted by Gasteiger charge is 2.47. The Morgan fingerprint density at radius 2 is 1.93 bits per heavy atom. The lowest BCUT2D eigenvalue weighted by atomic mass is 9.69. The van der Waals surface area contributed by atoms with Crippen LogP contribution in [0, 0.1) is 11.8 Å². The van der Waals surface area contributed by atoms with Gasteiger partial charge in [0.15, 0.2) is 11.5 Å². The standard InChI is InChI=1S/C24H35N3O3/c1-26-16-17-5-3-11-27-12-4-6-19(24(17)27)20(26)7-2-8-23(28)25-18-9-10-21-22(15-18)30-14-13-29-21/h9-10,15,17,19-20,24H,2-8,11-14,16H2,1H3,(H,25,28)/t17-,19+,20+,24-/m0/s1. The third kappa shape index (κ3) is 4.04. The van der Waals surface area contributed by atoms with Crippen LogP contribution in [-0.4, -0.2) is 67.7 Å². The molecule has 4 atom stereocenters. The SMILES string of the molecule is CN1C[C@@H]2CCCN3CCC[C@@H]([C@H]23)[C@H]1CCCC(=O)Nc1ccc2c(c1)OCCO2. The molecule has 4 aliphatic heterocycles. The monoisotopic (exact) mass is 413 g/mol. The second kappa shape index (κ2) is 8.75. The first kappa shape index (κ1) is 20.1. The van der Waals surface area contributed by atoms with Gasteiger partial charge in [0, 0.05) is 36.8 Å². The minimum Gasteiger partial charge on any atom is -0.486 e. The summed E-state index contributed by atoms with van der Waals surface area (Å²) in [7, 11) is 2.31. The first-order chi connectivity index (χ1) is 14.7. The van der Waals surface area contributed by atoms with Crippen molar-refractivity contribution in [3.05, 3.63) is 18.2 Å². The molecule has 0 radical (unpaired) electrons. The molecule has 5 rings (SSSR count). The van der Waals surface area contributed by atoms with Crippen LogP contribution >= 0.6 is 0 Å². The van der Waals surface area contributed by atoms with Gasteiger partial charge in [-0.15, -0.1) is 0 Å². The van der Waals surface area contributed by atoms with E-state index in [0.717, 1.165) is 42.2 Å². The number of fused-ring (bicyclic) bond motifs is 1. The van der Waals surface area contributed by atoms with E-state index < -0.39 is 0 Å². The van der Waals surface area contributed by atoms with E-state index in [1.807, 2.05) is 18.2 Å². The summed E-state index contributed by atoms with van der Waals surface area (Å²) in [6, 6.07) is 7.03. The molecule has 164 valence electrons. The highest BCUT2D eigenvalue weighted by molar-refractivity contribution is 5.91. The molecule has 4 aliphatic rings. The smallest absolute Gasteiger partial charge is 0.224 e. The summed E-state index contributed by atoms with van der Waals surface area (Å²) in [5, 5.41) is 3.03. The van der Waals surface area contributed by atoms with Crippen LogP contribution in [0.1, 0.15) is 44.9 Å². The number of anilines is 1. The molecule has 3 saturated heterocycles. The van der Waals surface area contributed by atoms with Crippen molar-refractivity contribution in [3.8, 4) is 11.5 Å². The number of likely N-dealkylation sites (tertiary alicyclic amines) is 1. The molecule has 1 aromatic rings. The zero-order valence-corrected chi connectivity index (χ0v) is 18.1. The van der Waals surface area contributed by atoms with Crippen molar-refractivity contribution in [1.29, 1.82) is 0 Å². The molecule has 6 nitrogen and oxygen atoms in total. The second-order valence-corrected chi connectivity index (χ2v) is 9.54. The highest BCUT2D eigenvalue weighted by Crippen LogP contribution is 2.42. The maximum atomic E-state index is 12.5. The second-order valence-electron chi connectivity index (χ2n) is 9.54. The number of amides is 1. The molecule has 1 amide bonds. The van der Waals surface area contributed by atoms with Gasteiger partial charge in [-0.05, 0) is 82.6 Å². The number of nitrogens with zero attached hydrogens (tertiary/aromatic N) is 2. The minimum atomic E-state index is 0.0888. The fourth-order valence-electron chi connectivity index (χ4n) is 6.46. The third-order valence-electron chi connectivity index (χ3n) is 7.66. The van der Waals surface area contributed by atoms with Crippen molar-refractivity contribution in [2.24, 2.45) is 11.8 Å². The summed E-state index contributed by atoms with van der Waals surface area (Å²) in [6.07, 6.45) is 8.09. The highest BCUT2D eigenvalue weighted by atomic mass is 16.6. The van der Waals surface area contributed by atoms with Crippen LogP contribution in [0.2, 0.25) is 0 Å². The summed E-state index contributed by atoms with van der Waals surface area (Å²) >= 11 is 0. The molecule has 0 saturated carbocycles. The van der Waals surface area contributed by atoms with E-state index in [1.54, 1.807) is 0 Å². The van der Waals surface area contributed by atoms with Crippen LogP contribution in [-0.2, 0) is 4.79 Å². The van der Waals surface area contributed by atoms with Gasteiger partial charge >= 0.3 is 0 Å². The largest absolute Gasteiger partial charge is 0.486 e. The number of carbonyl (C=O) groups excluding carboxylic acids is 1. The zero-order chi connectivity index (χ0) is 20.5. The van der Waals surface area contributed by atoms with Crippen LogP contribution in [0.5, 0.6) is 11.5 Å². The Bertz CT molecular complexity index is 768. The van der Waals surface area contributed by atoms with Crippen LogP contribution in [0.4, 0.5) is 5.69 Å².